The van der Waals surface area contributed by atoms with Gasteiger partial charge in [0.25, 0.3) is 0 Å². The molecule has 0 spiro atoms. The molecule has 3 aliphatic heterocycles. The highest BCUT2D eigenvalue weighted by atomic mass is 79.9. The molecule has 5 nitrogen and oxygen atoms in total. The average molecular weight is 394 g/mol. The number of hydrogen-bond acceptors (Lipinski definition) is 5. The lowest BCUT2D eigenvalue weighted by Crippen LogP contribution is -2.37. The molecule has 0 aliphatic carbocycles. The van der Waals surface area contributed by atoms with E-state index in [2.05, 4.69) is 21.2 Å². The summed E-state index contributed by atoms with van der Waals surface area (Å²) in [6.07, 6.45) is -0.426. The van der Waals surface area contributed by atoms with E-state index in [1.54, 1.807) is 19.1 Å². The first-order chi connectivity index (χ1) is 11.5. The monoisotopic (exact) mass is 393 g/mol. The van der Waals surface area contributed by atoms with E-state index in [9.17, 15) is 14.0 Å². The van der Waals surface area contributed by atoms with Gasteiger partial charge in [-0.15, -0.1) is 0 Å². The van der Waals surface area contributed by atoms with Crippen molar-refractivity contribution in [1.29, 1.82) is 0 Å². The fourth-order valence-electron chi connectivity index (χ4n) is 3.39. The van der Waals surface area contributed by atoms with Crippen molar-refractivity contribution >= 4 is 27.7 Å². The molecule has 3 aliphatic rings. The predicted octanol–water partition coefficient (Wildman–Crippen LogP) is 2.33. The number of esters is 1. The van der Waals surface area contributed by atoms with Gasteiger partial charge in [0.2, 0.25) is 0 Å². The standard InChI is InChI=1S/C17H13BrFNO4/c1-7-16-15(17(22)24-7)13(8-2-3-10(19)9(18)4-8)14-11(20-16)5-23-6-12(14)21/h2-4,7,13,20H,5-6H2,1H3/t7-,13-/m0/s1. The van der Waals surface area contributed by atoms with Crippen molar-refractivity contribution in [1.82, 2.24) is 5.32 Å². The Morgan fingerprint density at radius 3 is 2.79 bits per heavy atom. The number of cyclic esters (lactones) is 1. The molecule has 24 heavy (non-hydrogen) atoms. The molecular formula is C17H13BrFNO4. The van der Waals surface area contributed by atoms with Crippen LogP contribution >= 0.6 is 15.9 Å². The maximum Gasteiger partial charge on any atom is 0.337 e. The third-order valence-electron chi connectivity index (χ3n) is 4.45. The van der Waals surface area contributed by atoms with Gasteiger partial charge in [-0.05, 0) is 40.5 Å². The van der Waals surface area contributed by atoms with Crippen LogP contribution in [0.5, 0.6) is 0 Å². The number of benzene rings is 1. The van der Waals surface area contributed by atoms with Gasteiger partial charge in [-0.25, -0.2) is 9.18 Å². The van der Waals surface area contributed by atoms with Crippen molar-refractivity contribution in [3.05, 3.63) is 56.6 Å². The average Bonchev–Trinajstić information content (AvgIpc) is 2.83. The van der Waals surface area contributed by atoms with Crippen LogP contribution in [0.2, 0.25) is 0 Å². The highest BCUT2D eigenvalue weighted by molar-refractivity contribution is 9.10. The largest absolute Gasteiger partial charge is 0.453 e. The van der Waals surface area contributed by atoms with Crippen LogP contribution in [0.3, 0.4) is 0 Å². The Balaban J connectivity index is 1.93. The summed E-state index contributed by atoms with van der Waals surface area (Å²) in [7, 11) is 0. The molecule has 0 aromatic heterocycles. The molecule has 3 heterocycles. The van der Waals surface area contributed by atoms with Crippen molar-refractivity contribution in [2.45, 2.75) is 18.9 Å². The minimum atomic E-state index is -0.581. The van der Waals surface area contributed by atoms with Gasteiger partial charge in [0.15, 0.2) is 5.78 Å². The van der Waals surface area contributed by atoms with Crippen LogP contribution < -0.4 is 5.32 Å². The number of dihydropyridines is 1. The van der Waals surface area contributed by atoms with E-state index in [-0.39, 0.29) is 23.5 Å². The summed E-state index contributed by atoms with van der Waals surface area (Å²) in [5, 5.41) is 3.14. The second kappa shape index (κ2) is 5.53. The zero-order valence-corrected chi connectivity index (χ0v) is 14.3. The summed E-state index contributed by atoms with van der Waals surface area (Å²) in [4.78, 5) is 24.8. The second-order valence-corrected chi connectivity index (χ2v) is 6.77. The maximum atomic E-state index is 13.6. The van der Waals surface area contributed by atoms with Gasteiger partial charge in [-0.1, -0.05) is 6.07 Å². The fourth-order valence-corrected chi connectivity index (χ4v) is 3.79. The maximum absolute atomic E-state index is 13.6. The Morgan fingerprint density at radius 1 is 1.25 bits per heavy atom. The zero-order chi connectivity index (χ0) is 17.0. The molecular weight excluding hydrogens is 381 g/mol. The minimum Gasteiger partial charge on any atom is -0.453 e. The van der Waals surface area contributed by atoms with Crippen LogP contribution in [0.15, 0.2) is 45.2 Å². The SMILES string of the molecule is C[C@@H]1OC(=O)C2=C1NC1=C(C(=O)COC1)[C@@H]2c1ccc(F)c(Br)c1. The molecule has 124 valence electrons. The van der Waals surface area contributed by atoms with E-state index in [0.717, 1.165) is 0 Å². The first kappa shape index (κ1) is 15.5. The number of ether oxygens (including phenoxy) is 2. The normalized spacial score (nSPS) is 26.1. The van der Waals surface area contributed by atoms with Gasteiger partial charge in [-0.3, -0.25) is 4.79 Å². The molecule has 0 fully saturated rings. The van der Waals surface area contributed by atoms with E-state index in [1.165, 1.54) is 6.07 Å². The molecule has 2 atom stereocenters. The summed E-state index contributed by atoms with van der Waals surface area (Å²) in [6, 6.07) is 4.50. The summed E-state index contributed by atoms with van der Waals surface area (Å²) in [6.45, 7) is 1.99. The van der Waals surface area contributed by atoms with Crippen molar-refractivity contribution in [3.8, 4) is 0 Å². The molecule has 7 heteroatoms. The van der Waals surface area contributed by atoms with Gasteiger partial charge in [0.05, 0.1) is 22.3 Å². The van der Waals surface area contributed by atoms with E-state index >= 15 is 0 Å². The zero-order valence-electron chi connectivity index (χ0n) is 12.7. The summed E-state index contributed by atoms with van der Waals surface area (Å²) in [5.41, 5.74) is 2.84. The van der Waals surface area contributed by atoms with Crippen LogP contribution in [-0.4, -0.2) is 31.1 Å². The van der Waals surface area contributed by atoms with E-state index < -0.39 is 23.8 Å². The summed E-state index contributed by atoms with van der Waals surface area (Å²) in [5.74, 6) is -1.63. The van der Waals surface area contributed by atoms with Crippen molar-refractivity contribution < 1.29 is 23.5 Å². The Kier molecular flexibility index (Phi) is 3.58. The molecule has 0 saturated heterocycles. The lowest BCUT2D eigenvalue weighted by atomic mass is 9.78. The molecule has 1 N–H and O–H groups in total. The van der Waals surface area contributed by atoms with E-state index in [1.807, 2.05) is 0 Å². The highest BCUT2D eigenvalue weighted by Crippen LogP contribution is 2.44. The minimum absolute atomic E-state index is 0.0351. The van der Waals surface area contributed by atoms with Gasteiger partial charge < -0.3 is 14.8 Å². The Hall–Kier alpha value is -1.99. The quantitative estimate of drug-likeness (QED) is 0.741. The molecule has 0 amide bonds. The van der Waals surface area contributed by atoms with Crippen molar-refractivity contribution in [2.24, 2.45) is 0 Å². The summed E-state index contributed by atoms with van der Waals surface area (Å²) < 4.78 is 24.5. The smallest absolute Gasteiger partial charge is 0.337 e. The first-order valence-corrected chi connectivity index (χ1v) is 8.27. The first-order valence-electron chi connectivity index (χ1n) is 7.48. The number of carbonyl (C=O) groups excluding carboxylic acids is 2. The molecule has 0 radical (unpaired) electrons. The second-order valence-electron chi connectivity index (χ2n) is 5.91. The van der Waals surface area contributed by atoms with Gasteiger partial charge in [-0.2, -0.15) is 0 Å². The number of halogens is 2. The lowest BCUT2D eigenvalue weighted by molar-refractivity contribution is -0.139. The van der Waals surface area contributed by atoms with Crippen molar-refractivity contribution in [3.63, 3.8) is 0 Å². The van der Waals surface area contributed by atoms with Gasteiger partial charge in [0, 0.05) is 17.2 Å². The highest BCUT2D eigenvalue weighted by Gasteiger charge is 2.45. The molecule has 0 saturated carbocycles. The molecule has 0 unspecified atom stereocenters. The number of Topliss-reactive ketones (excluding diaryl/α,β-unsaturated/α-hetero) is 1. The Labute approximate surface area is 145 Å². The van der Waals surface area contributed by atoms with E-state index in [0.29, 0.717) is 28.1 Å². The van der Waals surface area contributed by atoms with Gasteiger partial charge in [0.1, 0.15) is 18.5 Å². The van der Waals surface area contributed by atoms with Crippen molar-refractivity contribution in [2.75, 3.05) is 13.2 Å². The third kappa shape index (κ3) is 2.22. The van der Waals surface area contributed by atoms with Crippen LogP contribution in [0.1, 0.15) is 18.4 Å². The summed E-state index contributed by atoms with van der Waals surface area (Å²) >= 11 is 3.17. The van der Waals surface area contributed by atoms with Crippen LogP contribution in [0.25, 0.3) is 0 Å². The number of ketones is 1. The molecule has 1 aromatic rings. The predicted molar refractivity (Wildman–Crippen MR) is 85.4 cm³/mol. The number of hydrogen-bond donors (Lipinski definition) is 1. The fraction of sp³-hybridized carbons (Fsp3) is 0.294. The molecule has 4 rings (SSSR count). The third-order valence-corrected chi connectivity index (χ3v) is 5.05. The van der Waals surface area contributed by atoms with Crippen LogP contribution in [-0.2, 0) is 19.1 Å². The van der Waals surface area contributed by atoms with Crippen LogP contribution in [0, 0.1) is 5.82 Å². The van der Waals surface area contributed by atoms with Gasteiger partial charge >= 0.3 is 5.97 Å². The topological polar surface area (TPSA) is 64.6 Å². The Bertz CT molecular complexity index is 843. The molecule has 0 bridgehead atoms. The van der Waals surface area contributed by atoms with Crippen LogP contribution in [0.4, 0.5) is 4.39 Å². The van der Waals surface area contributed by atoms with E-state index in [4.69, 9.17) is 9.47 Å². The Morgan fingerprint density at radius 2 is 2.04 bits per heavy atom. The number of nitrogens with one attached hydrogen (secondary N) is 1. The molecule has 1 aromatic carbocycles. The number of rotatable bonds is 1. The lowest BCUT2D eigenvalue weighted by Gasteiger charge is -2.32. The number of carbonyl (C=O) groups is 2.